The smallest absolute Gasteiger partial charge is 0.240 e. The summed E-state index contributed by atoms with van der Waals surface area (Å²) in [5.74, 6) is 0. The van der Waals surface area contributed by atoms with Gasteiger partial charge in [-0.25, -0.2) is 13.1 Å². The molecule has 0 aliphatic rings. The van der Waals surface area contributed by atoms with Crippen LogP contribution in [0.1, 0.15) is 39.2 Å². The lowest BCUT2D eigenvalue weighted by molar-refractivity contribution is -0.159. The average molecular weight is 340 g/mol. The predicted molar refractivity (Wildman–Crippen MR) is 93.0 cm³/mol. The number of sulfonamides is 1. The Balaban J connectivity index is 2.90. The number of nitrogens with one attached hydrogen (secondary N) is 1. The molecule has 1 atom stereocenters. The summed E-state index contributed by atoms with van der Waals surface area (Å²) in [6.45, 7) is 11.4. The number of nitrogens with zero attached hydrogens (tertiary/aromatic N) is 1. The largest absolute Gasteiger partial charge is 0.313 e. The van der Waals surface area contributed by atoms with Crippen LogP contribution in [0.3, 0.4) is 0 Å². The van der Waals surface area contributed by atoms with Gasteiger partial charge in [-0.3, -0.25) is 0 Å². The zero-order valence-electron chi connectivity index (χ0n) is 14.4. The van der Waals surface area contributed by atoms with Crippen molar-refractivity contribution in [2.45, 2.75) is 57.0 Å². The summed E-state index contributed by atoms with van der Waals surface area (Å²) < 4.78 is 27.7. The van der Waals surface area contributed by atoms with E-state index in [1.807, 2.05) is 27.7 Å². The maximum atomic E-state index is 12.5. The highest BCUT2D eigenvalue weighted by Crippen LogP contribution is 2.15. The summed E-state index contributed by atoms with van der Waals surface area (Å²) in [5.41, 5.74) is 0.545. The molecule has 0 saturated heterocycles. The Morgan fingerprint density at radius 3 is 2.35 bits per heavy atom. The molecule has 1 aromatic rings. The molecule has 6 heteroatoms. The SMILES string of the molecule is C=CCCC(CN(O)C(C)(C)C)NS(=O)(=O)c1ccc(C)cc1. The van der Waals surface area contributed by atoms with E-state index in [9.17, 15) is 13.6 Å². The van der Waals surface area contributed by atoms with Crippen molar-refractivity contribution in [2.75, 3.05) is 6.54 Å². The van der Waals surface area contributed by atoms with Crippen LogP contribution in [0, 0.1) is 6.92 Å². The normalized spacial score (nSPS) is 14.0. The van der Waals surface area contributed by atoms with E-state index in [0.29, 0.717) is 12.8 Å². The third kappa shape index (κ3) is 6.43. The van der Waals surface area contributed by atoms with Crippen molar-refractivity contribution >= 4 is 10.0 Å². The minimum Gasteiger partial charge on any atom is -0.313 e. The van der Waals surface area contributed by atoms with Crippen molar-refractivity contribution in [1.29, 1.82) is 0 Å². The second-order valence-corrected chi connectivity index (χ2v) is 8.46. The van der Waals surface area contributed by atoms with Crippen LogP contribution in [-0.4, -0.2) is 36.8 Å². The van der Waals surface area contributed by atoms with Gasteiger partial charge in [0.2, 0.25) is 10.0 Å². The third-order valence-electron chi connectivity index (χ3n) is 3.54. The molecule has 130 valence electrons. The number of hydroxylamine groups is 2. The fourth-order valence-corrected chi connectivity index (χ4v) is 3.26. The first-order valence-electron chi connectivity index (χ1n) is 7.72. The molecule has 2 N–H and O–H groups in total. The molecule has 0 saturated carbocycles. The maximum absolute atomic E-state index is 12.5. The van der Waals surface area contributed by atoms with Gasteiger partial charge in [0, 0.05) is 18.1 Å². The molecule has 1 aromatic carbocycles. The Morgan fingerprint density at radius 2 is 1.87 bits per heavy atom. The highest BCUT2D eigenvalue weighted by molar-refractivity contribution is 7.89. The van der Waals surface area contributed by atoms with E-state index in [-0.39, 0.29) is 11.4 Å². The summed E-state index contributed by atoms with van der Waals surface area (Å²) in [6, 6.07) is 6.30. The molecule has 0 bridgehead atoms. The first kappa shape index (κ1) is 19.8. The quantitative estimate of drug-likeness (QED) is 0.563. The van der Waals surface area contributed by atoms with Gasteiger partial charge < -0.3 is 5.21 Å². The number of hydrogen-bond donors (Lipinski definition) is 2. The Bertz CT molecular complexity index is 604. The van der Waals surface area contributed by atoms with Crippen LogP contribution in [0.4, 0.5) is 0 Å². The zero-order valence-corrected chi connectivity index (χ0v) is 15.2. The van der Waals surface area contributed by atoms with Gasteiger partial charge in [-0.1, -0.05) is 23.8 Å². The molecule has 0 aliphatic heterocycles. The highest BCUT2D eigenvalue weighted by atomic mass is 32.2. The second-order valence-electron chi connectivity index (χ2n) is 6.75. The van der Waals surface area contributed by atoms with Gasteiger partial charge in [-0.15, -0.1) is 6.58 Å². The number of benzene rings is 1. The average Bonchev–Trinajstić information content (AvgIpc) is 2.43. The molecule has 23 heavy (non-hydrogen) atoms. The Hall–Kier alpha value is -1.21. The highest BCUT2D eigenvalue weighted by Gasteiger charge is 2.26. The van der Waals surface area contributed by atoms with Crippen LogP contribution < -0.4 is 4.72 Å². The van der Waals surface area contributed by atoms with Crippen molar-refractivity contribution < 1.29 is 13.6 Å². The lowest BCUT2D eigenvalue weighted by atomic mass is 10.1. The molecule has 5 nitrogen and oxygen atoms in total. The number of hydrogen-bond acceptors (Lipinski definition) is 4. The van der Waals surface area contributed by atoms with Gasteiger partial charge in [0.25, 0.3) is 0 Å². The Morgan fingerprint density at radius 1 is 1.30 bits per heavy atom. The van der Waals surface area contributed by atoms with Gasteiger partial charge in [-0.2, -0.15) is 5.06 Å². The minimum atomic E-state index is -3.62. The molecule has 0 heterocycles. The lowest BCUT2D eigenvalue weighted by Crippen LogP contribution is -2.48. The first-order valence-corrected chi connectivity index (χ1v) is 9.21. The molecule has 0 radical (unpaired) electrons. The van der Waals surface area contributed by atoms with E-state index in [1.54, 1.807) is 30.3 Å². The molecular formula is C17H28N2O3S. The van der Waals surface area contributed by atoms with Crippen LogP contribution in [0.15, 0.2) is 41.8 Å². The van der Waals surface area contributed by atoms with Gasteiger partial charge in [-0.05, 0) is 52.7 Å². The topological polar surface area (TPSA) is 69.6 Å². The van der Waals surface area contributed by atoms with Gasteiger partial charge in [0.1, 0.15) is 0 Å². The molecule has 0 fully saturated rings. The summed E-state index contributed by atoms with van der Waals surface area (Å²) in [7, 11) is -3.62. The minimum absolute atomic E-state index is 0.211. The third-order valence-corrected chi connectivity index (χ3v) is 5.08. The van der Waals surface area contributed by atoms with E-state index < -0.39 is 21.6 Å². The predicted octanol–water partition coefficient (Wildman–Crippen LogP) is 3.10. The molecule has 1 rings (SSSR count). The van der Waals surface area contributed by atoms with Gasteiger partial charge in [0.05, 0.1) is 4.90 Å². The molecule has 0 aromatic heterocycles. The van der Waals surface area contributed by atoms with E-state index in [1.165, 1.54) is 5.06 Å². The molecule has 0 spiro atoms. The Labute approximate surface area is 140 Å². The number of rotatable bonds is 8. The first-order chi connectivity index (χ1) is 10.6. The van der Waals surface area contributed by atoms with Crippen LogP contribution in [0.25, 0.3) is 0 Å². The van der Waals surface area contributed by atoms with Crippen molar-refractivity contribution in [2.24, 2.45) is 0 Å². The number of aryl methyl sites for hydroxylation is 1. The summed E-state index contributed by atoms with van der Waals surface area (Å²) in [4.78, 5) is 0.229. The second kappa shape index (κ2) is 8.06. The molecule has 0 aliphatic carbocycles. The van der Waals surface area contributed by atoms with E-state index in [4.69, 9.17) is 0 Å². The fourth-order valence-electron chi connectivity index (χ4n) is 1.99. The molecule has 1 unspecified atom stereocenters. The Kier molecular flexibility index (Phi) is 6.95. The van der Waals surface area contributed by atoms with Gasteiger partial charge in [0.15, 0.2) is 0 Å². The number of allylic oxidation sites excluding steroid dienone is 1. The van der Waals surface area contributed by atoms with E-state index >= 15 is 0 Å². The van der Waals surface area contributed by atoms with E-state index in [2.05, 4.69) is 11.3 Å². The van der Waals surface area contributed by atoms with Gasteiger partial charge >= 0.3 is 0 Å². The van der Waals surface area contributed by atoms with Crippen LogP contribution in [0.2, 0.25) is 0 Å². The lowest BCUT2D eigenvalue weighted by Gasteiger charge is -2.32. The van der Waals surface area contributed by atoms with Crippen molar-refractivity contribution in [1.82, 2.24) is 9.79 Å². The van der Waals surface area contributed by atoms with Crippen LogP contribution in [-0.2, 0) is 10.0 Å². The van der Waals surface area contributed by atoms with E-state index in [0.717, 1.165) is 5.56 Å². The molecule has 0 amide bonds. The van der Waals surface area contributed by atoms with Crippen LogP contribution >= 0.6 is 0 Å². The standard InChI is InChI=1S/C17H28N2O3S/c1-6-7-8-15(13-19(20)17(3,4)5)18-23(21,22)16-11-9-14(2)10-12-16/h6,9-12,15,18,20H,1,7-8,13H2,2-5H3. The summed E-state index contributed by atoms with van der Waals surface area (Å²) in [6.07, 6.45) is 2.98. The maximum Gasteiger partial charge on any atom is 0.240 e. The van der Waals surface area contributed by atoms with Crippen molar-refractivity contribution in [3.8, 4) is 0 Å². The summed E-state index contributed by atoms with van der Waals surface area (Å²) >= 11 is 0. The zero-order chi connectivity index (χ0) is 17.7. The fraction of sp³-hybridized carbons (Fsp3) is 0.529. The molecular weight excluding hydrogens is 312 g/mol. The van der Waals surface area contributed by atoms with Crippen molar-refractivity contribution in [3.63, 3.8) is 0 Å². The summed E-state index contributed by atoms with van der Waals surface area (Å²) in [5, 5.41) is 11.3. The van der Waals surface area contributed by atoms with Crippen LogP contribution in [0.5, 0.6) is 0 Å². The monoisotopic (exact) mass is 340 g/mol. The van der Waals surface area contributed by atoms with Crippen molar-refractivity contribution in [3.05, 3.63) is 42.5 Å².